The molecule has 0 spiro atoms. The first-order valence-corrected chi connectivity index (χ1v) is 9.49. The summed E-state index contributed by atoms with van der Waals surface area (Å²) in [7, 11) is 3.30. The molecular formula is C24H27N2O3-. The van der Waals surface area contributed by atoms with Gasteiger partial charge in [-0.2, -0.15) is 0 Å². The summed E-state index contributed by atoms with van der Waals surface area (Å²) < 4.78 is 10.6. The maximum Gasteiger partial charge on any atom is 0.119 e. The number of hydroxylamine groups is 1. The molecule has 3 aromatic carbocycles. The van der Waals surface area contributed by atoms with E-state index in [9.17, 15) is 5.21 Å². The molecule has 0 bridgehead atoms. The molecule has 0 radical (unpaired) electrons. The lowest BCUT2D eigenvalue weighted by atomic mass is 10.1. The molecule has 0 fully saturated rings. The highest BCUT2D eigenvalue weighted by atomic mass is 16.5. The van der Waals surface area contributed by atoms with E-state index in [2.05, 4.69) is 4.90 Å². The molecule has 0 aliphatic heterocycles. The van der Waals surface area contributed by atoms with E-state index in [-0.39, 0.29) is 0 Å². The highest BCUT2D eigenvalue weighted by Gasteiger charge is 2.16. The molecule has 0 saturated carbocycles. The number of nitrogens with zero attached hydrogens (tertiary/aromatic N) is 2. The SMILES string of the molecule is COc1ccc(N(c2ccc(OC)cc2)c2ccc(N([O-])C(C)(C)C)cc2)cc1. The summed E-state index contributed by atoms with van der Waals surface area (Å²) in [6, 6.07) is 23.4. The van der Waals surface area contributed by atoms with Crippen molar-refractivity contribution in [3.8, 4) is 11.5 Å². The van der Waals surface area contributed by atoms with E-state index in [4.69, 9.17) is 9.47 Å². The van der Waals surface area contributed by atoms with Gasteiger partial charge in [-0.25, -0.2) is 0 Å². The molecule has 152 valence electrons. The molecule has 3 aromatic rings. The molecule has 0 saturated heterocycles. The van der Waals surface area contributed by atoms with E-state index in [1.54, 1.807) is 14.2 Å². The van der Waals surface area contributed by atoms with Gasteiger partial charge in [0.05, 0.1) is 14.2 Å². The summed E-state index contributed by atoms with van der Waals surface area (Å²) in [5.41, 5.74) is 3.06. The Kier molecular flexibility index (Phi) is 5.99. The second kappa shape index (κ2) is 8.45. The fraction of sp³-hybridized carbons (Fsp3) is 0.250. The Bertz CT molecular complexity index is 867. The fourth-order valence-corrected chi connectivity index (χ4v) is 3.03. The monoisotopic (exact) mass is 391 g/mol. The van der Waals surface area contributed by atoms with Gasteiger partial charge in [0.2, 0.25) is 0 Å². The van der Waals surface area contributed by atoms with Gasteiger partial charge in [-0.15, -0.1) is 0 Å². The average molecular weight is 391 g/mol. The number of ether oxygens (including phenoxy) is 2. The lowest BCUT2D eigenvalue weighted by Gasteiger charge is -2.43. The minimum absolute atomic E-state index is 0.493. The van der Waals surface area contributed by atoms with E-state index < -0.39 is 5.54 Å². The van der Waals surface area contributed by atoms with Gasteiger partial charge in [0, 0.05) is 28.3 Å². The zero-order valence-electron chi connectivity index (χ0n) is 17.5. The van der Waals surface area contributed by atoms with Crippen molar-refractivity contribution in [2.75, 3.05) is 24.2 Å². The van der Waals surface area contributed by atoms with Gasteiger partial charge >= 0.3 is 0 Å². The molecule has 0 N–H and O–H groups in total. The Balaban J connectivity index is 2.02. The number of hydrogen-bond acceptors (Lipinski definition) is 5. The van der Waals surface area contributed by atoms with Gasteiger partial charge in [0.25, 0.3) is 0 Å². The van der Waals surface area contributed by atoms with Crippen molar-refractivity contribution in [3.63, 3.8) is 0 Å². The van der Waals surface area contributed by atoms with Crippen LogP contribution < -0.4 is 19.4 Å². The zero-order valence-corrected chi connectivity index (χ0v) is 17.5. The van der Waals surface area contributed by atoms with Gasteiger partial charge in [-0.1, -0.05) is 0 Å². The van der Waals surface area contributed by atoms with Crippen LogP contribution in [0.3, 0.4) is 0 Å². The Hall–Kier alpha value is -3.18. The van der Waals surface area contributed by atoms with E-state index in [0.29, 0.717) is 5.69 Å². The number of anilines is 4. The van der Waals surface area contributed by atoms with E-state index >= 15 is 0 Å². The second-order valence-electron chi connectivity index (χ2n) is 7.71. The van der Waals surface area contributed by atoms with Crippen LogP contribution in [-0.4, -0.2) is 19.8 Å². The molecule has 5 nitrogen and oxygen atoms in total. The summed E-state index contributed by atoms with van der Waals surface area (Å²) in [5.74, 6) is 1.59. The molecule has 29 heavy (non-hydrogen) atoms. The molecule has 0 aromatic heterocycles. The van der Waals surface area contributed by atoms with Gasteiger partial charge in [0.1, 0.15) is 11.5 Å². The Labute approximate surface area is 172 Å². The van der Waals surface area contributed by atoms with Gasteiger partial charge in [-0.3, -0.25) is 0 Å². The van der Waals surface area contributed by atoms with Gasteiger partial charge < -0.3 is 24.6 Å². The smallest absolute Gasteiger partial charge is 0.119 e. The largest absolute Gasteiger partial charge is 0.758 e. The topological polar surface area (TPSA) is 48.0 Å². The summed E-state index contributed by atoms with van der Waals surface area (Å²) in [6.07, 6.45) is 0. The first kappa shape index (κ1) is 20.6. The third-order valence-electron chi connectivity index (χ3n) is 4.61. The first-order valence-electron chi connectivity index (χ1n) is 9.49. The Morgan fingerprint density at radius 1 is 0.586 bits per heavy atom. The van der Waals surface area contributed by atoms with Crippen LogP contribution in [0.15, 0.2) is 72.8 Å². The van der Waals surface area contributed by atoms with Crippen molar-refractivity contribution in [3.05, 3.63) is 78.0 Å². The molecule has 0 unspecified atom stereocenters. The standard InChI is InChI=1S/C24H27N2O3/c1-24(2,3)26(27)21-8-6-18(7-9-21)25(19-10-14-22(28-4)15-11-19)20-12-16-23(29-5)17-13-20/h6-17H,1-5H3/q-1. The predicted molar refractivity (Wildman–Crippen MR) is 120 cm³/mol. The Morgan fingerprint density at radius 3 is 1.21 bits per heavy atom. The number of methoxy groups -OCH3 is 2. The van der Waals surface area contributed by atoms with Crippen LogP contribution in [0.5, 0.6) is 11.5 Å². The lowest BCUT2D eigenvalue weighted by molar-refractivity contribution is 0.415. The minimum Gasteiger partial charge on any atom is -0.758 e. The van der Waals surface area contributed by atoms with E-state index in [1.165, 1.54) is 0 Å². The van der Waals surface area contributed by atoms with E-state index in [1.807, 2.05) is 93.6 Å². The van der Waals surface area contributed by atoms with Crippen molar-refractivity contribution in [1.29, 1.82) is 0 Å². The fourth-order valence-electron chi connectivity index (χ4n) is 3.03. The Morgan fingerprint density at radius 2 is 0.897 bits per heavy atom. The predicted octanol–water partition coefficient (Wildman–Crippen LogP) is 6.28. The van der Waals surface area contributed by atoms with Crippen LogP contribution in [0.4, 0.5) is 22.7 Å². The molecule has 0 heterocycles. The van der Waals surface area contributed by atoms with Crippen molar-refractivity contribution >= 4 is 22.7 Å². The highest BCUT2D eigenvalue weighted by molar-refractivity contribution is 5.78. The minimum atomic E-state index is -0.493. The summed E-state index contributed by atoms with van der Waals surface area (Å²) in [4.78, 5) is 2.12. The van der Waals surface area contributed by atoms with Crippen molar-refractivity contribution in [1.82, 2.24) is 0 Å². The van der Waals surface area contributed by atoms with Crippen molar-refractivity contribution < 1.29 is 9.47 Å². The zero-order chi connectivity index (χ0) is 21.0. The van der Waals surface area contributed by atoms with Crippen LogP contribution in [0, 0.1) is 5.21 Å². The van der Waals surface area contributed by atoms with Crippen molar-refractivity contribution in [2.24, 2.45) is 0 Å². The third kappa shape index (κ3) is 4.63. The van der Waals surface area contributed by atoms with Crippen LogP contribution in [0.2, 0.25) is 0 Å². The molecule has 5 heteroatoms. The average Bonchev–Trinajstić information content (AvgIpc) is 2.74. The van der Waals surface area contributed by atoms with Crippen molar-refractivity contribution in [2.45, 2.75) is 26.3 Å². The normalized spacial score (nSPS) is 11.1. The van der Waals surface area contributed by atoms with Gasteiger partial charge in [0.15, 0.2) is 0 Å². The second-order valence-corrected chi connectivity index (χ2v) is 7.71. The summed E-state index contributed by atoms with van der Waals surface area (Å²) in [5, 5.41) is 13.5. The maximum atomic E-state index is 12.5. The lowest BCUT2D eigenvalue weighted by Crippen LogP contribution is -2.36. The highest BCUT2D eigenvalue weighted by Crippen LogP contribution is 2.37. The summed E-state index contributed by atoms with van der Waals surface area (Å²) in [6.45, 7) is 5.69. The molecule has 0 amide bonds. The van der Waals surface area contributed by atoms with Gasteiger partial charge in [-0.05, 0) is 93.6 Å². The third-order valence-corrected chi connectivity index (χ3v) is 4.61. The van der Waals surface area contributed by atoms with Crippen LogP contribution in [0.25, 0.3) is 0 Å². The maximum absolute atomic E-state index is 12.5. The van der Waals surface area contributed by atoms with Crippen LogP contribution >= 0.6 is 0 Å². The molecule has 0 aliphatic carbocycles. The number of hydrogen-bond donors (Lipinski definition) is 0. The molecular weight excluding hydrogens is 364 g/mol. The quantitative estimate of drug-likeness (QED) is 0.463. The molecule has 0 atom stereocenters. The van der Waals surface area contributed by atoms with Crippen LogP contribution in [-0.2, 0) is 0 Å². The molecule has 3 rings (SSSR count). The van der Waals surface area contributed by atoms with Crippen LogP contribution in [0.1, 0.15) is 20.8 Å². The first-order chi connectivity index (χ1) is 13.8. The number of rotatable bonds is 6. The number of benzene rings is 3. The molecule has 0 aliphatic rings. The van der Waals surface area contributed by atoms with E-state index in [0.717, 1.165) is 33.6 Å². The summed E-state index contributed by atoms with van der Waals surface area (Å²) >= 11 is 0.